The Bertz CT molecular complexity index is 1090. The highest BCUT2D eigenvalue weighted by Gasteiger charge is 2.63. The van der Waals surface area contributed by atoms with Crippen LogP contribution in [-0.4, -0.2) is 68.9 Å². The number of hydrogen-bond donors (Lipinski definition) is 2. The first kappa shape index (κ1) is 19.3. The number of hydrogen-bond acceptors (Lipinski definition) is 5. The molecule has 0 radical (unpaired) electrons. The minimum Gasteiger partial charge on any atom is -0.508 e. The van der Waals surface area contributed by atoms with E-state index in [9.17, 15) is 29.4 Å². The fraction of sp³-hybridized carbons (Fsp3) is 0.364. The number of nitrogens with zero attached hydrogens (tertiary/aromatic N) is 3. The lowest BCUT2D eigenvalue weighted by Crippen LogP contribution is -2.69. The predicted octanol–water partition coefficient (Wildman–Crippen LogP) is 0.855. The number of rotatable bonds is 3. The molecule has 0 aromatic heterocycles. The number of carbonyl (C=O) groups excluding carboxylic acids is 3. The van der Waals surface area contributed by atoms with Gasteiger partial charge in [-0.05, 0) is 48.8 Å². The van der Waals surface area contributed by atoms with Crippen LogP contribution < -0.4 is 4.90 Å². The number of phenolic OH excluding ortho intramolecular Hbond substituents is 1. The largest absolute Gasteiger partial charge is 0.508 e. The first-order valence-corrected chi connectivity index (χ1v) is 10.2. The van der Waals surface area contributed by atoms with E-state index in [1.54, 1.807) is 23.1 Å². The molecule has 3 fully saturated rings. The molecule has 3 saturated heterocycles. The molecule has 4 aliphatic heterocycles. The van der Waals surface area contributed by atoms with Crippen LogP contribution in [0.4, 0.5) is 5.69 Å². The molecule has 1 aromatic carbocycles. The average Bonchev–Trinajstić information content (AvgIpc) is 3.27. The van der Waals surface area contributed by atoms with Crippen LogP contribution in [0, 0.1) is 5.92 Å². The molecule has 31 heavy (non-hydrogen) atoms. The average molecular weight is 423 g/mol. The minimum absolute atomic E-state index is 0.0498. The van der Waals surface area contributed by atoms with Crippen LogP contribution >= 0.6 is 0 Å². The number of anilines is 1. The summed E-state index contributed by atoms with van der Waals surface area (Å²) >= 11 is 0. The summed E-state index contributed by atoms with van der Waals surface area (Å²) in [6.07, 6.45) is 2.45. The van der Waals surface area contributed by atoms with E-state index < -0.39 is 12.0 Å². The molecular weight excluding hydrogens is 402 g/mol. The van der Waals surface area contributed by atoms with Gasteiger partial charge in [-0.1, -0.05) is 0 Å². The van der Waals surface area contributed by atoms with Crippen molar-refractivity contribution >= 4 is 29.4 Å². The third kappa shape index (κ3) is 2.76. The van der Waals surface area contributed by atoms with Crippen LogP contribution in [-0.2, 0) is 19.2 Å². The number of phenols is 1. The molecule has 2 N–H and O–H groups in total. The Hall–Kier alpha value is -3.62. The van der Waals surface area contributed by atoms with Crippen molar-refractivity contribution in [2.45, 2.75) is 31.8 Å². The van der Waals surface area contributed by atoms with Gasteiger partial charge in [0.25, 0.3) is 11.8 Å². The Kier molecular flexibility index (Phi) is 4.18. The molecule has 9 nitrogen and oxygen atoms in total. The second kappa shape index (κ2) is 6.69. The quantitative estimate of drug-likeness (QED) is 0.550. The Morgan fingerprint density at radius 2 is 1.87 bits per heavy atom. The molecule has 0 aliphatic carbocycles. The zero-order valence-corrected chi connectivity index (χ0v) is 16.8. The van der Waals surface area contributed by atoms with Gasteiger partial charge in [-0.3, -0.25) is 19.3 Å². The molecule has 9 heteroatoms. The van der Waals surface area contributed by atoms with Crippen molar-refractivity contribution in [3.63, 3.8) is 0 Å². The molecule has 0 spiro atoms. The lowest BCUT2D eigenvalue weighted by molar-refractivity contribution is -0.159. The molecular formula is C22H21N3O6. The first-order chi connectivity index (χ1) is 14.8. The third-order valence-corrected chi connectivity index (χ3v) is 6.63. The van der Waals surface area contributed by atoms with Crippen LogP contribution in [0.5, 0.6) is 5.75 Å². The summed E-state index contributed by atoms with van der Waals surface area (Å²) in [6, 6.07) is 5.42. The SMILES string of the molecule is CC(=O)N1C[C@H]2CC(/C=C3\CCN(c4ccc(O)cc4)C3=O)=C(C(=O)O)N3C(=O)[C@@H]1[C@@H]23. The zero-order valence-electron chi connectivity index (χ0n) is 16.8. The summed E-state index contributed by atoms with van der Waals surface area (Å²) in [7, 11) is 0. The van der Waals surface area contributed by atoms with Crippen molar-refractivity contribution in [3.8, 4) is 5.75 Å². The smallest absolute Gasteiger partial charge is 0.352 e. The number of aromatic hydroxyl groups is 1. The second-order valence-electron chi connectivity index (χ2n) is 8.35. The fourth-order valence-corrected chi connectivity index (χ4v) is 5.26. The van der Waals surface area contributed by atoms with E-state index in [-0.39, 0.29) is 41.1 Å². The predicted molar refractivity (Wildman–Crippen MR) is 108 cm³/mol. The minimum atomic E-state index is -1.21. The van der Waals surface area contributed by atoms with Gasteiger partial charge in [-0.2, -0.15) is 0 Å². The Morgan fingerprint density at radius 3 is 2.52 bits per heavy atom. The highest BCUT2D eigenvalue weighted by atomic mass is 16.4. The third-order valence-electron chi connectivity index (χ3n) is 6.63. The molecule has 4 heterocycles. The summed E-state index contributed by atoms with van der Waals surface area (Å²) < 4.78 is 0. The van der Waals surface area contributed by atoms with Gasteiger partial charge in [-0.15, -0.1) is 0 Å². The van der Waals surface area contributed by atoms with Crippen LogP contribution in [0.25, 0.3) is 0 Å². The number of β-lactam (4-membered cyclic amide) rings is 1. The van der Waals surface area contributed by atoms with Gasteiger partial charge < -0.3 is 20.0 Å². The molecule has 0 saturated carbocycles. The maximum absolute atomic E-state index is 13.0. The van der Waals surface area contributed by atoms with Crippen molar-refractivity contribution in [1.29, 1.82) is 0 Å². The van der Waals surface area contributed by atoms with E-state index in [1.165, 1.54) is 28.9 Å². The number of aliphatic carboxylic acids is 1. The van der Waals surface area contributed by atoms with Crippen LogP contribution in [0.15, 0.2) is 47.2 Å². The Labute approximate surface area is 177 Å². The van der Waals surface area contributed by atoms with E-state index in [1.807, 2.05) is 0 Å². The maximum Gasteiger partial charge on any atom is 0.352 e. The molecule has 4 aliphatic rings. The number of carboxylic acids is 1. The Morgan fingerprint density at radius 1 is 1.16 bits per heavy atom. The first-order valence-electron chi connectivity index (χ1n) is 10.2. The molecule has 0 unspecified atom stereocenters. The van der Waals surface area contributed by atoms with E-state index in [0.717, 1.165) is 0 Å². The molecule has 3 amide bonds. The highest BCUT2D eigenvalue weighted by molar-refractivity contribution is 6.09. The Balaban J connectivity index is 1.47. The highest BCUT2D eigenvalue weighted by Crippen LogP contribution is 2.47. The molecule has 5 rings (SSSR count). The summed E-state index contributed by atoms with van der Waals surface area (Å²) in [5.74, 6) is -1.95. The summed E-state index contributed by atoms with van der Waals surface area (Å²) in [4.78, 5) is 54.0. The van der Waals surface area contributed by atoms with Gasteiger partial charge >= 0.3 is 5.97 Å². The topological polar surface area (TPSA) is 118 Å². The number of likely N-dealkylation sites (tertiary alicyclic amines) is 1. The van der Waals surface area contributed by atoms with Crippen LogP contribution in [0.1, 0.15) is 19.8 Å². The van der Waals surface area contributed by atoms with Gasteiger partial charge in [0.15, 0.2) is 0 Å². The summed E-state index contributed by atoms with van der Waals surface area (Å²) in [5.41, 5.74) is 1.49. The van der Waals surface area contributed by atoms with Gasteiger partial charge in [0, 0.05) is 37.2 Å². The van der Waals surface area contributed by atoms with Gasteiger partial charge in [0.2, 0.25) is 5.91 Å². The lowest BCUT2D eigenvalue weighted by Gasteiger charge is -2.49. The monoisotopic (exact) mass is 423 g/mol. The van der Waals surface area contributed by atoms with Crippen molar-refractivity contribution in [3.05, 3.63) is 47.2 Å². The van der Waals surface area contributed by atoms with Crippen molar-refractivity contribution in [2.24, 2.45) is 5.92 Å². The number of carboxylic acid groups (broad SMARTS) is 1. The molecule has 3 atom stereocenters. The van der Waals surface area contributed by atoms with Gasteiger partial charge in [0.05, 0.1) is 6.04 Å². The second-order valence-corrected chi connectivity index (χ2v) is 8.35. The number of allylic oxidation sites excluding steroid dienone is 2. The number of benzene rings is 1. The molecule has 0 bridgehead atoms. The van der Waals surface area contributed by atoms with Crippen molar-refractivity contribution in [2.75, 3.05) is 18.0 Å². The summed E-state index contributed by atoms with van der Waals surface area (Å²) in [6.45, 7) is 2.26. The van der Waals surface area contributed by atoms with Gasteiger partial charge in [-0.25, -0.2) is 4.79 Å². The van der Waals surface area contributed by atoms with E-state index >= 15 is 0 Å². The van der Waals surface area contributed by atoms with E-state index in [2.05, 4.69) is 0 Å². The van der Waals surface area contributed by atoms with Crippen molar-refractivity contribution < 1.29 is 29.4 Å². The van der Waals surface area contributed by atoms with E-state index in [4.69, 9.17) is 0 Å². The van der Waals surface area contributed by atoms with Crippen molar-refractivity contribution in [1.82, 2.24) is 9.80 Å². The van der Waals surface area contributed by atoms with E-state index in [0.29, 0.717) is 42.8 Å². The van der Waals surface area contributed by atoms with Crippen LogP contribution in [0.2, 0.25) is 0 Å². The molecule has 160 valence electrons. The normalized spacial score (nSPS) is 28.4. The number of carbonyl (C=O) groups is 4. The fourth-order valence-electron chi connectivity index (χ4n) is 5.26. The number of amides is 3. The van der Waals surface area contributed by atoms with Crippen LogP contribution in [0.3, 0.4) is 0 Å². The summed E-state index contributed by atoms with van der Waals surface area (Å²) in [5, 5.41) is 19.3. The van der Waals surface area contributed by atoms with Gasteiger partial charge in [0.1, 0.15) is 17.5 Å². The maximum atomic E-state index is 13.0. The molecule has 1 aromatic rings. The standard InChI is InChI=1S/C22H21N3O6/c1-11(26)24-10-14-9-13(18(22(30)31)25-17(14)19(24)21(25)29)8-12-6-7-23(20(12)28)15-2-4-16(27)5-3-15/h2-5,8,14,17,19,27H,6-7,9-10H2,1H3,(H,30,31)/b12-8+/t14-,17-,19+/m1/s1. The lowest BCUT2D eigenvalue weighted by atomic mass is 9.79. The zero-order chi connectivity index (χ0) is 22.0.